The Bertz CT molecular complexity index is 388. The quantitative estimate of drug-likeness (QED) is 0.752. The van der Waals surface area contributed by atoms with Crippen molar-refractivity contribution in [3.63, 3.8) is 0 Å². The van der Waals surface area contributed by atoms with Gasteiger partial charge in [0.2, 0.25) is 6.29 Å². The van der Waals surface area contributed by atoms with Crippen LogP contribution in [0.4, 0.5) is 0 Å². The zero-order valence-corrected chi connectivity index (χ0v) is 8.00. The van der Waals surface area contributed by atoms with E-state index in [0.29, 0.717) is 0 Å². The maximum Gasteiger partial charge on any atom is 0.211 e. The van der Waals surface area contributed by atoms with Gasteiger partial charge in [0, 0.05) is 24.8 Å². The van der Waals surface area contributed by atoms with Gasteiger partial charge in [-0.2, -0.15) is 0 Å². The largest absolute Gasteiger partial charge is 0.290 e. The van der Waals surface area contributed by atoms with Gasteiger partial charge < -0.3 is 0 Å². The lowest BCUT2D eigenvalue weighted by atomic mass is 9.94. The molecule has 0 aromatic carbocycles. The molecule has 3 nitrogen and oxygen atoms in total. The minimum atomic E-state index is -0.351. The summed E-state index contributed by atoms with van der Waals surface area (Å²) in [6.45, 7) is 0. The molecule has 73 valence electrons. The van der Waals surface area contributed by atoms with E-state index in [9.17, 15) is 4.79 Å². The lowest BCUT2D eigenvalue weighted by molar-refractivity contribution is 0.549. The lowest BCUT2D eigenvalue weighted by Gasteiger charge is -2.08. The van der Waals surface area contributed by atoms with Crippen LogP contribution in [0.25, 0.3) is 0 Å². The molecule has 1 radical (unpaired) electrons. The van der Waals surface area contributed by atoms with Crippen molar-refractivity contribution in [3.8, 4) is 0 Å². The molecule has 0 bridgehead atoms. The highest BCUT2D eigenvalue weighted by atomic mass is 16.1. The molecule has 2 rings (SSSR count). The monoisotopic (exact) mass is 197 g/mol. The minimum Gasteiger partial charge on any atom is -0.290 e. The molecule has 0 N–H and O–H groups in total. The van der Waals surface area contributed by atoms with Crippen LogP contribution in [-0.2, 0) is 4.79 Å². The van der Waals surface area contributed by atoms with Crippen molar-refractivity contribution < 1.29 is 4.79 Å². The second-order valence-electron chi connectivity index (χ2n) is 3.11. The molecule has 2 aromatic rings. The van der Waals surface area contributed by atoms with E-state index in [1.54, 1.807) is 24.8 Å². The summed E-state index contributed by atoms with van der Waals surface area (Å²) < 4.78 is 0. The molecule has 0 aliphatic rings. The van der Waals surface area contributed by atoms with Crippen molar-refractivity contribution in [2.24, 2.45) is 0 Å². The number of hydrogen-bond donors (Lipinski definition) is 0. The van der Waals surface area contributed by atoms with Crippen molar-refractivity contribution in [2.75, 3.05) is 0 Å². The Morgan fingerprint density at radius 1 is 0.867 bits per heavy atom. The predicted octanol–water partition coefficient (Wildman–Crippen LogP) is 1.72. The predicted molar refractivity (Wildman–Crippen MR) is 56.0 cm³/mol. The summed E-state index contributed by atoms with van der Waals surface area (Å²) in [6, 6.07) is 7.26. The van der Waals surface area contributed by atoms with Crippen molar-refractivity contribution in [2.45, 2.75) is 5.92 Å². The van der Waals surface area contributed by atoms with E-state index < -0.39 is 0 Å². The minimum absolute atomic E-state index is 0.351. The molecule has 2 aromatic heterocycles. The van der Waals surface area contributed by atoms with E-state index in [-0.39, 0.29) is 5.92 Å². The average Bonchev–Trinajstić information content (AvgIpc) is 2.33. The van der Waals surface area contributed by atoms with Gasteiger partial charge in [0.25, 0.3) is 0 Å². The van der Waals surface area contributed by atoms with Crippen LogP contribution in [0, 0.1) is 0 Å². The van der Waals surface area contributed by atoms with Crippen LogP contribution >= 0.6 is 0 Å². The first kappa shape index (κ1) is 9.52. The number of pyridine rings is 2. The second kappa shape index (κ2) is 4.46. The van der Waals surface area contributed by atoms with Crippen LogP contribution in [-0.4, -0.2) is 16.3 Å². The molecule has 0 aliphatic heterocycles. The van der Waals surface area contributed by atoms with Gasteiger partial charge in [-0.15, -0.1) is 0 Å². The zero-order valence-electron chi connectivity index (χ0n) is 8.00. The molecule has 0 atom stereocenters. The van der Waals surface area contributed by atoms with Crippen LogP contribution in [0.2, 0.25) is 0 Å². The number of hydrogen-bond acceptors (Lipinski definition) is 3. The second-order valence-corrected chi connectivity index (χ2v) is 3.11. The third-order valence-corrected chi connectivity index (χ3v) is 2.20. The van der Waals surface area contributed by atoms with Gasteiger partial charge >= 0.3 is 0 Å². The van der Waals surface area contributed by atoms with Crippen molar-refractivity contribution in [3.05, 3.63) is 60.2 Å². The highest BCUT2D eigenvalue weighted by molar-refractivity contribution is 5.68. The number of rotatable bonds is 3. The molecule has 2 heterocycles. The van der Waals surface area contributed by atoms with Crippen LogP contribution in [0.5, 0.6) is 0 Å². The van der Waals surface area contributed by atoms with Gasteiger partial charge in [0.05, 0.1) is 5.92 Å². The summed E-state index contributed by atoms with van der Waals surface area (Å²) in [6.07, 6.45) is 8.70. The molecule has 0 unspecified atom stereocenters. The smallest absolute Gasteiger partial charge is 0.211 e. The van der Waals surface area contributed by atoms with Gasteiger partial charge in [-0.05, 0) is 35.4 Å². The number of carbonyl (C=O) groups excluding carboxylic acids is 1. The molecular weight excluding hydrogens is 188 g/mol. The van der Waals surface area contributed by atoms with Crippen molar-refractivity contribution in [1.29, 1.82) is 0 Å². The Hall–Kier alpha value is -2.03. The summed E-state index contributed by atoms with van der Waals surface area (Å²) in [5.41, 5.74) is 1.79. The lowest BCUT2D eigenvalue weighted by Crippen LogP contribution is -2.02. The van der Waals surface area contributed by atoms with Gasteiger partial charge in [-0.1, -0.05) is 0 Å². The van der Waals surface area contributed by atoms with E-state index in [1.165, 1.54) is 0 Å². The Kier molecular flexibility index (Phi) is 2.83. The third kappa shape index (κ3) is 2.07. The summed E-state index contributed by atoms with van der Waals surface area (Å²) >= 11 is 0. The molecule has 0 spiro atoms. The highest BCUT2D eigenvalue weighted by Gasteiger charge is 2.13. The first-order valence-corrected chi connectivity index (χ1v) is 4.59. The van der Waals surface area contributed by atoms with Gasteiger partial charge in [0.15, 0.2) is 0 Å². The van der Waals surface area contributed by atoms with Crippen molar-refractivity contribution in [1.82, 2.24) is 9.97 Å². The zero-order chi connectivity index (χ0) is 10.5. The highest BCUT2D eigenvalue weighted by Crippen LogP contribution is 2.20. The normalized spacial score (nSPS) is 10.2. The fraction of sp³-hybridized carbons (Fsp3) is 0.0833. The number of aromatic nitrogens is 2. The SMILES string of the molecule is O=[C]C(c1ccncc1)c1ccncc1. The average molecular weight is 197 g/mol. The molecular formula is C12H9N2O. The van der Waals surface area contributed by atoms with Crippen LogP contribution in [0.3, 0.4) is 0 Å². The van der Waals surface area contributed by atoms with Crippen LogP contribution < -0.4 is 0 Å². The maximum absolute atomic E-state index is 10.9. The van der Waals surface area contributed by atoms with E-state index in [4.69, 9.17) is 0 Å². The third-order valence-electron chi connectivity index (χ3n) is 2.20. The van der Waals surface area contributed by atoms with Gasteiger partial charge in [-0.25, -0.2) is 0 Å². The molecule has 0 fully saturated rings. The van der Waals surface area contributed by atoms with E-state index >= 15 is 0 Å². The standard InChI is InChI=1S/C12H9N2O/c15-9-12(10-1-5-13-6-2-10)11-3-7-14-8-4-11/h1-8,12H. The van der Waals surface area contributed by atoms with Crippen molar-refractivity contribution >= 4 is 6.29 Å². The first-order valence-electron chi connectivity index (χ1n) is 4.59. The van der Waals surface area contributed by atoms with E-state index in [2.05, 4.69) is 9.97 Å². The van der Waals surface area contributed by atoms with Gasteiger partial charge in [-0.3, -0.25) is 14.8 Å². The van der Waals surface area contributed by atoms with Crippen LogP contribution in [0.1, 0.15) is 17.0 Å². The molecule has 15 heavy (non-hydrogen) atoms. The van der Waals surface area contributed by atoms with Gasteiger partial charge in [0.1, 0.15) is 0 Å². The fourth-order valence-electron chi connectivity index (χ4n) is 1.44. The molecule has 0 aliphatic carbocycles. The first-order chi connectivity index (χ1) is 7.42. The maximum atomic E-state index is 10.9. The van der Waals surface area contributed by atoms with E-state index in [0.717, 1.165) is 11.1 Å². The Morgan fingerprint density at radius 2 is 1.27 bits per heavy atom. The summed E-state index contributed by atoms with van der Waals surface area (Å²) in [7, 11) is 0. The summed E-state index contributed by atoms with van der Waals surface area (Å²) in [5.74, 6) is -0.351. The van der Waals surface area contributed by atoms with E-state index in [1.807, 2.05) is 30.6 Å². The molecule has 0 saturated heterocycles. The number of nitrogens with zero attached hydrogens (tertiary/aromatic N) is 2. The fourth-order valence-corrected chi connectivity index (χ4v) is 1.44. The topological polar surface area (TPSA) is 42.9 Å². The Labute approximate surface area is 87.8 Å². The molecule has 0 amide bonds. The van der Waals surface area contributed by atoms with Crippen LogP contribution in [0.15, 0.2) is 49.1 Å². The Balaban J connectivity index is 2.38. The molecule has 0 saturated carbocycles. The Morgan fingerprint density at radius 3 is 1.60 bits per heavy atom. The summed E-state index contributed by atoms with van der Waals surface area (Å²) in [5, 5.41) is 0. The summed E-state index contributed by atoms with van der Waals surface area (Å²) in [4.78, 5) is 18.8. The molecule has 3 heteroatoms.